The van der Waals surface area contributed by atoms with Gasteiger partial charge in [-0.25, -0.2) is 8.80 Å². The molecule has 1 aliphatic rings. The predicted octanol–water partition coefficient (Wildman–Crippen LogP) is 8.61. The molecule has 0 spiro atoms. The van der Waals surface area contributed by atoms with Crippen LogP contribution in [0, 0.1) is 11.3 Å². The summed E-state index contributed by atoms with van der Waals surface area (Å²) in [6.07, 6.45) is 3.08. The van der Waals surface area contributed by atoms with Gasteiger partial charge in [-0.2, -0.15) is 0 Å². The molecular weight excluding hydrogens is 756 g/mol. The quantitative estimate of drug-likeness (QED) is 0.112. The molecule has 1 atom stereocenters. The smallest absolute Gasteiger partial charge is 0.245 e. The highest BCUT2D eigenvalue weighted by atomic mass is 79.9. The molecule has 0 saturated carbocycles. The van der Waals surface area contributed by atoms with Crippen molar-refractivity contribution in [3.05, 3.63) is 79.0 Å². The maximum Gasteiger partial charge on any atom is 0.245 e. The first-order valence-electron chi connectivity index (χ1n) is 14.5. The SMILES string of the molecule is CC(C)(C)C1CCc2c(sc3c2c2nnc(SCC(=O)c4ccc(Br)cc4)n2c2nnc(SCC(=O)c4ccc(Br)cc4)n32)C1. The number of hydrogen-bond donors (Lipinski definition) is 0. The van der Waals surface area contributed by atoms with E-state index in [9.17, 15) is 9.59 Å². The molecule has 0 N–H and O–H groups in total. The zero-order valence-electron chi connectivity index (χ0n) is 24.7. The zero-order chi connectivity index (χ0) is 31.5. The Labute approximate surface area is 289 Å². The molecular formula is C32H28Br2N6O2S3. The molecule has 2 aromatic carbocycles. The van der Waals surface area contributed by atoms with Crippen molar-refractivity contribution in [3.8, 4) is 0 Å². The van der Waals surface area contributed by atoms with Crippen molar-refractivity contribution in [3.63, 3.8) is 0 Å². The third-order valence-corrected chi connectivity index (χ3v) is 12.5. The largest absolute Gasteiger partial charge is 0.293 e. The monoisotopic (exact) mass is 782 g/mol. The van der Waals surface area contributed by atoms with E-state index >= 15 is 0 Å². The number of nitrogens with zero attached hydrogens (tertiary/aromatic N) is 6. The molecule has 230 valence electrons. The van der Waals surface area contributed by atoms with E-state index < -0.39 is 0 Å². The van der Waals surface area contributed by atoms with Gasteiger partial charge in [0.2, 0.25) is 5.78 Å². The number of Topliss-reactive ketones (excluding diaryl/α,β-unsaturated/α-hetero) is 2. The van der Waals surface area contributed by atoms with Crippen LogP contribution in [-0.2, 0) is 12.8 Å². The van der Waals surface area contributed by atoms with Crippen molar-refractivity contribution >= 4 is 99.9 Å². The Balaban J connectivity index is 1.31. The van der Waals surface area contributed by atoms with Crippen molar-refractivity contribution in [1.82, 2.24) is 29.2 Å². The van der Waals surface area contributed by atoms with Crippen molar-refractivity contribution in [1.29, 1.82) is 0 Å². The lowest BCUT2D eigenvalue weighted by molar-refractivity contribution is 0.101. The fourth-order valence-corrected chi connectivity index (χ4v) is 9.44. The average Bonchev–Trinajstić information content (AvgIpc) is 3.73. The first kappa shape index (κ1) is 31.0. The van der Waals surface area contributed by atoms with Crippen LogP contribution in [0.1, 0.15) is 58.3 Å². The maximum atomic E-state index is 13.1. The number of halogens is 2. The van der Waals surface area contributed by atoms with Gasteiger partial charge in [0.05, 0.1) is 16.9 Å². The second-order valence-corrected chi connectivity index (χ2v) is 17.0. The Hall–Kier alpha value is -2.58. The van der Waals surface area contributed by atoms with E-state index in [1.807, 2.05) is 52.9 Å². The molecule has 4 heterocycles. The van der Waals surface area contributed by atoms with Gasteiger partial charge in [0.1, 0.15) is 4.83 Å². The summed E-state index contributed by atoms with van der Waals surface area (Å²) in [4.78, 5) is 28.5. The first-order valence-corrected chi connectivity index (χ1v) is 18.9. The van der Waals surface area contributed by atoms with E-state index in [1.54, 1.807) is 11.3 Å². The molecule has 0 amide bonds. The molecule has 4 aromatic heterocycles. The van der Waals surface area contributed by atoms with E-state index in [-0.39, 0.29) is 28.5 Å². The lowest BCUT2D eigenvalue weighted by atomic mass is 9.72. The Kier molecular flexibility index (Phi) is 8.43. The van der Waals surface area contributed by atoms with Gasteiger partial charge < -0.3 is 0 Å². The Morgan fingerprint density at radius 1 is 0.844 bits per heavy atom. The first-order chi connectivity index (χ1) is 21.6. The van der Waals surface area contributed by atoms with Gasteiger partial charge in [-0.15, -0.1) is 31.7 Å². The van der Waals surface area contributed by atoms with Crippen molar-refractivity contribution in [2.24, 2.45) is 11.3 Å². The number of carbonyl (C=O) groups excluding carboxylic acids is 2. The van der Waals surface area contributed by atoms with Gasteiger partial charge in [-0.1, -0.05) is 100 Å². The topological polar surface area (TPSA) is 94.5 Å². The number of fused-ring (bicyclic) bond motifs is 8. The molecule has 0 saturated heterocycles. The molecule has 13 heteroatoms. The number of thiophene rings is 1. The van der Waals surface area contributed by atoms with Crippen LogP contribution in [0.3, 0.4) is 0 Å². The van der Waals surface area contributed by atoms with Gasteiger partial charge in [0, 0.05) is 24.9 Å². The summed E-state index contributed by atoms with van der Waals surface area (Å²) in [5.74, 6) is 1.62. The number of ketones is 2. The normalized spacial score (nSPS) is 15.3. The Morgan fingerprint density at radius 2 is 1.40 bits per heavy atom. The summed E-state index contributed by atoms with van der Waals surface area (Å²) >= 11 is 11.4. The summed E-state index contributed by atoms with van der Waals surface area (Å²) in [5.41, 5.74) is 3.55. The molecule has 45 heavy (non-hydrogen) atoms. The number of aromatic nitrogens is 6. The van der Waals surface area contributed by atoms with Crippen LogP contribution in [0.5, 0.6) is 0 Å². The number of rotatable bonds is 8. The average molecular weight is 785 g/mol. The molecule has 1 aliphatic carbocycles. The van der Waals surface area contributed by atoms with E-state index in [0.717, 1.165) is 44.1 Å². The standard InChI is InChI=1S/C32H28Br2N6O2S3/c1-32(2,3)19-8-13-22-25(14-19)45-28-26(22)27-35-37-30(43-15-23(41)17-4-9-20(33)10-5-17)39(27)29-36-38-31(40(28)29)44-16-24(42)18-6-11-21(34)12-7-18/h4-7,9-12,19H,8,13-16H2,1-3H3. The van der Waals surface area contributed by atoms with Gasteiger partial charge in [-0.05, 0) is 60.4 Å². The van der Waals surface area contributed by atoms with Crippen molar-refractivity contribution in [2.45, 2.75) is 50.3 Å². The fraction of sp³-hybridized carbons (Fsp3) is 0.312. The van der Waals surface area contributed by atoms with Gasteiger partial charge in [0.25, 0.3) is 0 Å². The maximum absolute atomic E-state index is 13.1. The van der Waals surface area contributed by atoms with Crippen LogP contribution in [-0.4, -0.2) is 52.3 Å². The van der Waals surface area contributed by atoms with Gasteiger partial charge in [-0.3, -0.25) is 9.59 Å². The highest BCUT2D eigenvalue weighted by Crippen LogP contribution is 2.45. The second-order valence-electron chi connectivity index (χ2n) is 12.2. The summed E-state index contributed by atoms with van der Waals surface area (Å²) in [6, 6.07) is 14.8. The minimum Gasteiger partial charge on any atom is -0.293 e. The lowest BCUT2D eigenvalue weighted by Crippen LogP contribution is -2.26. The number of hydrogen-bond acceptors (Lipinski definition) is 9. The van der Waals surface area contributed by atoms with E-state index in [1.165, 1.54) is 34.0 Å². The number of aryl methyl sites for hydroxylation is 1. The number of thioether (sulfide) groups is 2. The minimum absolute atomic E-state index is 0.00616. The molecule has 0 radical (unpaired) electrons. The van der Waals surface area contributed by atoms with Crippen LogP contribution < -0.4 is 0 Å². The lowest BCUT2D eigenvalue weighted by Gasteiger charge is -2.33. The zero-order valence-corrected chi connectivity index (χ0v) is 30.3. The Bertz CT molecular complexity index is 2100. The van der Waals surface area contributed by atoms with Crippen LogP contribution in [0.15, 0.2) is 67.8 Å². The predicted molar refractivity (Wildman–Crippen MR) is 188 cm³/mol. The summed E-state index contributed by atoms with van der Waals surface area (Å²) in [6.45, 7) is 6.96. The minimum atomic E-state index is 0.00616. The summed E-state index contributed by atoms with van der Waals surface area (Å²) in [7, 11) is 0. The molecule has 0 bridgehead atoms. The third-order valence-electron chi connectivity index (χ3n) is 8.34. The molecule has 6 aromatic rings. The number of benzene rings is 2. The highest BCUT2D eigenvalue weighted by Gasteiger charge is 2.33. The van der Waals surface area contributed by atoms with E-state index in [4.69, 9.17) is 0 Å². The van der Waals surface area contributed by atoms with Crippen molar-refractivity contribution in [2.75, 3.05) is 11.5 Å². The highest BCUT2D eigenvalue weighted by molar-refractivity contribution is 9.10. The number of carbonyl (C=O) groups is 2. The third kappa shape index (κ3) is 5.90. The molecule has 0 aliphatic heterocycles. The van der Waals surface area contributed by atoms with Crippen LogP contribution in [0.4, 0.5) is 0 Å². The second kappa shape index (κ2) is 12.2. The van der Waals surface area contributed by atoms with Crippen LogP contribution in [0.2, 0.25) is 0 Å². The molecule has 8 nitrogen and oxygen atoms in total. The van der Waals surface area contributed by atoms with Crippen LogP contribution >= 0.6 is 66.7 Å². The van der Waals surface area contributed by atoms with Crippen molar-refractivity contribution < 1.29 is 9.59 Å². The molecule has 1 unspecified atom stereocenters. The fourth-order valence-electron chi connectivity index (χ4n) is 5.78. The van der Waals surface area contributed by atoms with Crippen LogP contribution in [0.25, 0.3) is 21.6 Å². The summed E-state index contributed by atoms with van der Waals surface area (Å²) in [5, 5.41) is 20.7. The Morgan fingerprint density at radius 3 is 1.98 bits per heavy atom. The molecule has 0 fully saturated rings. The van der Waals surface area contributed by atoms with Gasteiger partial charge >= 0.3 is 0 Å². The van der Waals surface area contributed by atoms with E-state index in [0.29, 0.717) is 33.1 Å². The summed E-state index contributed by atoms with van der Waals surface area (Å²) < 4.78 is 5.84. The molecule has 7 rings (SSSR count). The van der Waals surface area contributed by atoms with Gasteiger partial charge in [0.15, 0.2) is 27.5 Å². The van der Waals surface area contributed by atoms with E-state index in [2.05, 4.69) is 77.4 Å².